The molecule has 0 aromatic carbocycles. The normalized spacial score (nSPS) is 19.7. The van der Waals surface area contributed by atoms with Crippen LogP contribution in [0.1, 0.15) is 18.0 Å². The molecule has 0 saturated heterocycles. The van der Waals surface area contributed by atoms with Crippen molar-refractivity contribution < 1.29 is 0 Å². The lowest BCUT2D eigenvalue weighted by Crippen LogP contribution is -2.23. The molecule has 0 fully saturated rings. The molecule has 1 aliphatic heterocycles. The van der Waals surface area contributed by atoms with E-state index < -0.39 is 0 Å². The lowest BCUT2D eigenvalue weighted by Gasteiger charge is -2.25. The van der Waals surface area contributed by atoms with Crippen LogP contribution in [0.3, 0.4) is 0 Å². The maximum atomic E-state index is 4.26. The lowest BCUT2D eigenvalue weighted by molar-refractivity contribution is 0.530. The van der Waals surface area contributed by atoms with Crippen molar-refractivity contribution in [2.24, 2.45) is 7.05 Å². The minimum absolute atomic E-state index is 0.373. The Morgan fingerprint density at radius 2 is 2.47 bits per heavy atom. The van der Waals surface area contributed by atoms with Crippen molar-refractivity contribution in [1.29, 1.82) is 0 Å². The number of rotatable bonds is 1. The molecule has 3 heterocycles. The van der Waals surface area contributed by atoms with Gasteiger partial charge >= 0.3 is 0 Å². The molecule has 0 radical (unpaired) electrons. The van der Waals surface area contributed by atoms with Crippen LogP contribution in [0.25, 0.3) is 0 Å². The molecule has 5 nitrogen and oxygen atoms in total. The number of hydrogen-bond donors (Lipinski definition) is 1. The highest BCUT2D eigenvalue weighted by molar-refractivity contribution is 5.32. The van der Waals surface area contributed by atoms with E-state index in [1.54, 1.807) is 0 Å². The van der Waals surface area contributed by atoms with Gasteiger partial charge in [0, 0.05) is 37.7 Å². The average molecular weight is 203 g/mol. The summed E-state index contributed by atoms with van der Waals surface area (Å²) in [7, 11) is 1.94. The average Bonchev–Trinajstić information content (AvgIpc) is 2.84. The van der Waals surface area contributed by atoms with Crippen LogP contribution in [0.4, 0.5) is 5.95 Å². The highest BCUT2D eigenvalue weighted by Crippen LogP contribution is 2.28. The molecule has 1 N–H and O–H groups in total. The first-order valence-corrected chi connectivity index (χ1v) is 5.10. The van der Waals surface area contributed by atoms with Gasteiger partial charge in [-0.25, -0.2) is 4.98 Å². The minimum atomic E-state index is 0.373. The second-order valence-electron chi connectivity index (χ2n) is 3.84. The Hall–Kier alpha value is -1.78. The van der Waals surface area contributed by atoms with Crippen molar-refractivity contribution >= 4 is 5.95 Å². The third kappa shape index (κ3) is 1.31. The topological polar surface area (TPSA) is 47.7 Å². The van der Waals surface area contributed by atoms with E-state index in [1.165, 1.54) is 5.56 Å². The molecule has 0 aliphatic carbocycles. The van der Waals surface area contributed by atoms with Gasteiger partial charge in [-0.05, 0) is 6.42 Å². The van der Waals surface area contributed by atoms with Crippen LogP contribution in [0.15, 0.2) is 24.8 Å². The first kappa shape index (κ1) is 8.52. The maximum Gasteiger partial charge on any atom is 0.203 e. The van der Waals surface area contributed by atoms with Gasteiger partial charge in [-0.1, -0.05) is 0 Å². The monoisotopic (exact) mass is 203 g/mol. The van der Waals surface area contributed by atoms with Gasteiger partial charge in [0.05, 0.1) is 12.2 Å². The smallest absolute Gasteiger partial charge is 0.203 e. The summed E-state index contributed by atoms with van der Waals surface area (Å²) >= 11 is 0. The Morgan fingerprint density at radius 3 is 3.27 bits per heavy atom. The SMILES string of the molecule is Cn1cc(C2CCNc3nccn32)cn1. The minimum Gasteiger partial charge on any atom is -0.356 e. The summed E-state index contributed by atoms with van der Waals surface area (Å²) in [5.41, 5.74) is 1.25. The largest absolute Gasteiger partial charge is 0.356 e. The van der Waals surface area contributed by atoms with Crippen LogP contribution in [-0.2, 0) is 7.05 Å². The molecule has 1 aliphatic rings. The highest BCUT2D eigenvalue weighted by atomic mass is 15.3. The predicted molar refractivity (Wildman–Crippen MR) is 56.7 cm³/mol. The van der Waals surface area contributed by atoms with Crippen LogP contribution >= 0.6 is 0 Å². The van der Waals surface area contributed by atoms with E-state index in [0.29, 0.717) is 6.04 Å². The van der Waals surface area contributed by atoms with Gasteiger partial charge in [0.2, 0.25) is 5.95 Å². The summed E-state index contributed by atoms with van der Waals surface area (Å²) in [6.45, 7) is 0.969. The zero-order valence-electron chi connectivity index (χ0n) is 8.59. The van der Waals surface area contributed by atoms with Gasteiger partial charge in [-0.3, -0.25) is 4.68 Å². The molecule has 78 valence electrons. The number of fused-ring (bicyclic) bond motifs is 1. The number of aromatic nitrogens is 4. The quantitative estimate of drug-likeness (QED) is 0.752. The molecule has 2 aromatic rings. The number of hydrogen-bond acceptors (Lipinski definition) is 3. The van der Waals surface area contributed by atoms with Crippen molar-refractivity contribution in [1.82, 2.24) is 19.3 Å². The molecule has 0 spiro atoms. The number of nitrogens with one attached hydrogen (secondary N) is 1. The van der Waals surface area contributed by atoms with Crippen molar-refractivity contribution in [2.45, 2.75) is 12.5 Å². The molecular formula is C10H13N5. The summed E-state index contributed by atoms with van der Waals surface area (Å²) in [6, 6.07) is 0.373. The summed E-state index contributed by atoms with van der Waals surface area (Å²) in [4.78, 5) is 4.26. The second-order valence-corrected chi connectivity index (χ2v) is 3.84. The summed E-state index contributed by atoms with van der Waals surface area (Å²) in [5, 5.41) is 7.49. The van der Waals surface area contributed by atoms with Crippen LogP contribution in [0.2, 0.25) is 0 Å². The molecule has 1 unspecified atom stereocenters. The second kappa shape index (κ2) is 3.12. The number of anilines is 1. The number of aryl methyl sites for hydroxylation is 1. The molecular weight excluding hydrogens is 190 g/mol. The van der Waals surface area contributed by atoms with E-state index in [9.17, 15) is 0 Å². The molecule has 0 amide bonds. The fourth-order valence-corrected chi connectivity index (χ4v) is 2.10. The van der Waals surface area contributed by atoms with Gasteiger partial charge in [0.1, 0.15) is 0 Å². The number of imidazole rings is 1. The number of nitrogens with zero attached hydrogens (tertiary/aromatic N) is 4. The Labute approximate surface area is 87.7 Å². The van der Waals surface area contributed by atoms with Crippen molar-refractivity contribution in [3.05, 3.63) is 30.4 Å². The summed E-state index contributed by atoms with van der Waals surface area (Å²) < 4.78 is 4.01. The maximum absolute atomic E-state index is 4.26. The van der Waals surface area contributed by atoms with Gasteiger partial charge in [-0.15, -0.1) is 0 Å². The van der Waals surface area contributed by atoms with Crippen molar-refractivity contribution in [3.63, 3.8) is 0 Å². The van der Waals surface area contributed by atoms with Crippen LogP contribution in [0, 0.1) is 0 Å². The lowest BCUT2D eigenvalue weighted by atomic mass is 10.1. The van der Waals surface area contributed by atoms with Crippen LogP contribution in [0.5, 0.6) is 0 Å². The first-order chi connectivity index (χ1) is 7.34. The van der Waals surface area contributed by atoms with E-state index >= 15 is 0 Å². The Bertz CT molecular complexity index is 470. The Balaban J connectivity index is 2.02. The standard InChI is InChI=1S/C10H13N5/c1-14-7-8(6-13-14)9-2-3-11-10-12-4-5-15(9)10/h4-7,9H,2-3H2,1H3,(H,11,12). The fraction of sp³-hybridized carbons (Fsp3) is 0.400. The third-order valence-corrected chi connectivity index (χ3v) is 2.81. The summed E-state index contributed by atoms with van der Waals surface area (Å²) in [6.07, 6.45) is 8.92. The zero-order chi connectivity index (χ0) is 10.3. The first-order valence-electron chi connectivity index (χ1n) is 5.10. The predicted octanol–water partition coefficient (Wildman–Crippen LogP) is 1.02. The van der Waals surface area contributed by atoms with E-state index in [1.807, 2.05) is 30.3 Å². The van der Waals surface area contributed by atoms with Gasteiger partial charge in [-0.2, -0.15) is 5.10 Å². The Morgan fingerprint density at radius 1 is 1.53 bits per heavy atom. The zero-order valence-corrected chi connectivity index (χ0v) is 8.59. The molecule has 1 atom stereocenters. The molecule has 3 rings (SSSR count). The van der Waals surface area contributed by atoms with E-state index in [2.05, 4.69) is 26.2 Å². The van der Waals surface area contributed by atoms with Crippen molar-refractivity contribution in [2.75, 3.05) is 11.9 Å². The van der Waals surface area contributed by atoms with Crippen LogP contribution in [-0.4, -0.2) is 25.9 Å². The Kier molecular flexibility index (Phi) is 1.77. The highest BCUT2D eigenvalue weighted by Gasteiger charge is 2.21. The third-order valence-electron chi connectivity index (χ3n) is 2.81. The summed E-state index contributed by atoms with van der Waals surface area (Å²) in [5.74, 6) is 0.954. The molecule has 5 heteroatoms. The molecule has 2 aromatic heterocycles. The van der Waals surface area contributed by atoms with E-state index in [4.69, 9.17) is 0 Å². The van der Waals surface area contributed by atoms with E-state index in [0.717, 1.165) is 18.9 Å². The molecule has 15 heavy (non-hydrogen) atoms. The van der Waals surface area contributed by atoms with Gasteiger partial charge in [0.15, 0.2) is 0 Å². The fourth-order valence-electron chi connectivity index (χ4n) is 2.10. The van der Waals surface area contributed by atoms with Crippen molar-refractivity contribution in [3.8, 4) is 0 Å². The van der Waals surface area contributed by atoms with E-state index in [-0.39, 0.29) is 0 Å². The van der Waals surface area contributed by atoms with Gasteiger partial charge in [0.25, 0.3) is 0 Å². The molecule has 0 bridgehead atoms. The van der Waals surface area contributed by atoms with Gasteiger partial charge < -0.3 is 9.88 Å². The molecule has 0 saturated carbocycles. The van der Waals surface area contributed by atoms with Crippen LogP contribution < -0.4 is 5.32 Å².